The smallest absolute Gasteiger partial charge is 0.254 e. The molecule has 0 atom stereocenters. The van der Waals surface area contributed by atoms with Crippen molar-refractivity contribution in [2.24, 2.45) is 0 Å². The summed E-state index contributed by atoms with van der Waals surface area (Å²) in [5.74, 6) is 2.42. The summed E-state index contributed by atoms with van der Waals surface area (Å²) < 4.78 is 23.2. The molecule has 5 aromatic rings. The molecule has 40 heavy (non-hydrogen) atoms. The van der Waals surface area contributed by atoms with E-state index in [2.05, 4.69) is 41.6 Å². The van der Waals surface area contributed by atoms with Crippen LogP contribution in [-0.2, 0) is 17.7 Å². The van der Waals surface area contributed by atoms with E-state index in [4.69, 9.17) is 18.4 Å². The second-order valence-corrected chi connectivity index (χ2v) is 10.3. The molecule has 0 fully saturated rings. The lowest BCUT2D eigenvalue weighted by molar-refractivity contribution is 0.0571. The second-order valence-electron chi connectivity index (χ2n) is 10.3. The Bertz CT molecular complexity index is 1660. The van der Waals surface area contributed by atoms with Gasteiger partial charge < -0.3 is 23.3 Å². The van der Waals surface area contributed by atoms with Crippen molar-refractivity contribution in [1.82, 2.24) is 10.1 Å². The van der Waals surface area contributed by atoms with Crippen molar-refractivity contribution in [3.8, 4) is 16.9 Å². The van der Waals surface area contributed by atoms with Crippen LogP contribution in [0.25, 0.3) is 22.1 Å². The van der Waals surface area contributed by atoms with Crippen LogP contribution in [0.2, 0.25) is 0 Å². The van der Waals surface area contributed by atoms with Gasteiger partial charge in [0.25, 0.3) is 5.91 Å². The summed E-state index contributed by atoms with van der Waals surface area (Å²) in [5, 5.41) is 5.05. The lowest BCUT2D eigenvalue weighted by Gasteiger charge is -2.24. The number of aromatic nitrogens is 1. The van der Waals surface area contributed by atoms with Crippen LogP contribution in [0.1, 0.15) is 44.3 Å². The van der Waals surface area contributed by atoms with Gasteiger partial charge in [-0.2, -0.15) is 0 Å². The third kappa shape index (κ3) is 5.38. The average Bonchev–Trinajstić information content (AvgIpc) is 3.49. The maximum atomic E-state index is 13.7. The summed E-state index contributed by atoms with van der Waals surface area (Å²) >= 11 is 0. The Morgan fingerprint density at radius 1 is 0.900 bits per heavy atom. The summed E-state index contributed by atoms with van der Waals surface area (Å²) in [4.78, 5) is 15.5. The molecule has 2 bridgehead atoms. The standard InChI is InChI=1S/C33H32N2O5/c1-21-15-28-19-27(8-10-31(28)39-21)33(36)35-11-12-37-13-14-38-30-9-7-26(32-22(2)34-40-23(32)3)18-29(30)17-24-5-4-6-25(16-24)20-35/h4-10,15-16,18-19H,11-14,17,20H2,1-3H3. The van der Waals surface area contributed by atoms with Crippen LogP contribution in [0, 0.1) is 20.8 Å². The molecular weight excluding hydrogens is 504 g/mol. The number of benzene rings is 3. The highest BCUT2D eigenvalue weighted by molar-refractivity contribution is 5.97. The van der Waals surface area contributed by atoms with Gasteiger partial charge in [0.05, 0.1) is 18.9 Å². The molecule has 0 radical (unpaired) electrons. The lowest BCUT2D eigenvalue weighted by Crippen LogP contribution is -2.34. The highest BCUT2D eigenvalue weighted by Crippen LogP contribution is 2.32. The number of aryl methyl sites for hydroxylation is 3. The number of hydrogen-bond donors (Lipinski definition) is 0. The first-order valence-corrected chi connectivity index (χ1v) is 13.6. The predicted octanol–water partition coefficient (Wildman–Crippen LogP) is 6.66. The van der Waals surface area contributed by atoms with Gasteiger partial charge in [-0.3, -0.25) is 4.79 Å². The molecule has 3 aromatic carbocycles. The van der Waals surface area contributed by atoms with Gasteiger partial charge >= 0.3 is 0 Å². The van der Waals surface area contributed by atoms with Gasteiger partial charge in [0.15, 0.2) is 0 Å². The van der Waals surface area contributed by atoms with Gasteiger partial charge in [0.2, 0.25) is 0 Å². The molecule has 0 unspecified atom stereocenters. The van der Waals surface area contributed by atoms with Crippen molar-refractivity contribution < 1.29 is 23.2 Å². The maximum absolute atomic E-state index is 13.7. The van der Waals surface area contributed by atoms with Gasteiger partial charge in [0.1, 0.15) is 29.5 Å². The Hall–Kier alpha value is -4.36. The molecule has 0 saturated heterocycles. The first-order chi connectivity index (χ1) is 19.4. The minimum absolute atomic E-state index is 0.0347. The van der Waals surface area contributed by atoms with E-state index in [1.54, 1.807) is 0 Å². The normalized spacial score (nSPS) is 14.4. The Labute approximate surface area is 233 Å². The van der Waals surface area contributed by atoms with E-state index in [0.717, 1.165) is 61.8 Å². The summed E-state index contributed by atoms with van der Waals surface area (Å²) in [5.41, 5.74) is 7.62. The molecule has 0 saturated carbocycles. The van der Waals surface area contributed by atoms with Gasteiger partial charge in [-0.15, -0.1) is 0 Å². The SMILES string of the molecule is Cc1cc2cc(C(=O)N3CCOCCOc4ccc(-c5c(C)noc5C)cc4Cc4cccc(c4)C3)ccc2o1. The molecule has 7 nitrogen and oxygen atoms in total. The van der Waals surface area contributed by atoms with Crippen molar-refractivity contribution in [1.29, 1.82) is 0 Å². The number of ether oxygens (including phenoxy) is 2. The number of furan rings is 1. The van der Waals surface area contributed by atoms with E-state index < -0.39 is 0 Å². The Balaban J connectivity index is 1.31. The average molecular weight is 537 g/mol. The number of fused-ring (bicyclic) bond motifs is 4. The molecule has 1 aliphatic rings. The van der Waals surface area contributed by atoms with E-state index in [9.17, 15) is 4.79 Å². The third-order valence-corrected chi connectivity index (χ3v) is 7.31. The highest BCUT2D eigenvalue weighted by Gasteiger charge is 2.19. The fourth-order valence-corrected chi connectivity index (χ4v) is 5.42. The van der Waals surface area contributed by atoms with Crippen molar-refractivity contribution in [3.05, 3.63) is 106 Å². The van der Waals surface area contributed by atoms with Crippen molar-refractivity contribution in [2.45, 2.75) is 33.7 Å². The number of nitrogens with zero attached hydrogens (tertiary/aromatic N) is 2. The van der Waals surface area contributed by atoms with Gasteiger partial charge in [0, 0.05) is 36.0 Å². The van der Waals surface area contributed by atoms with E-state index in [-0.39, 0.29) is 5.91 Å². The van der Waals surface area contributed by atoms with E-state index in [1.807, 2.05) is 56.0 Å². The van der Waals surface area contributed by atoms with Crippen LogP contribution in [0.4, 0.5) is 0 Å². The molecule has 3 heterocycles. The minimum Gasteiger partial charge on any atom is -0.491 e. The molecule has 0 aliphatic carbocycles. The van der Waals surface area contributed by atoms with Crippen molar-refractivity contribution in [2.75, 3.05) is 26.4 Å². The van der Waals surface area contributed by atoms with Gasteiger partial charge in [-0.05, 0) is 79.4 Å². The Morgan fingerprint density at radius 2 is 1.77 bits per heavy atom. The summed E-state index contributed by atoms with van der Waals surface area (Å²) in [7, 11) is 0. The molecule has 204 valence electrons. The van der Waals surface area contributed by atoms with Gasteiger partial charge in [-0.1, -0.05) is 35.5 Å². The highest BCUT2D eigenvalue weighted by atomic mass is 16.5. The molecule has 1 aliphatic heterocycles. The summed E-state index contributed by atoms with van der Waals surface area (Å²) in [6.45, 7) is 8.02. The summed E-state index contributed by atoms with van der Waals surface area (Å²) in [6.07, 6.45) is 0.686. The topological polar surface area (TPSA) is 77.9 Å². The van der Waals surface area contributed by atoms with E-state index in [0.29, 0.717) is 44.9 Å². The Kier molecular flexibility index (Phi) is 7.13. The number of hydrogen-bond acceptors (Lipinski definition) is 6. The quantitative estimate of drug-likeness (QED) is 0.251. The molecule has 6 rings (SSSR count). The maximum Gasteiger partial charge on any atom is 0.254 e. The fourth-order valence-electron chi connectivity index (χ4n) is 5.42. The summed E-state index contributed by atoms with van der Waals surface area (Å²) in [6, 6.07) is 22.2. The van der Waals surface area contributed by atoms with Crippen LogP contribution in [0.3, 0.4) is 0 Å². The lowest BCUT2D eigenvalue weighted by atomic mass is 9.96. The Morgan fingerprint density at radius 3 is 2.62 bits per heavy atom. The molecule has 2 aromatic heterocycles. The predicted molar refractivity (Wildman–Crippen MR) is 153 cm³/mol. The fraction of sp³-hybridized carbons (Fsp3) is 0.273. The second kappa shape index (κ2) is 11.0. The monoisotopic (exact) mass is 536 g/mol. The number of carbonyl (C=O) groups is 1. The number of rotatable bonds is 2. The van der Waals surface area contributed by atoms with Crippen molar-refractivity contribution >= 4 is 16.9 Å². The molecular formula is C33H32N2O5. The zero-order chi connectivity index (χ0) is 27.6. The largest absolute Gasteiger partial charge is 0.491 e. The zero-order valence-corrected chi connectivity index (χ0v) is 23.0. The van der Waals surface area contributed by atoms with Crippen LogP contribution in [-0.4, -0.2) is 42.3 Å². The first-order valence-electron chi connectivity index (χ1n) is 13.6. The zero-order valence-electron chi connectivity index (χ0n) is 23.0. The third-order valence-electron chi connectivity index (χ3n) is 7.31. The minimum atomic E-state index is -0.0347. The van der Waals surface area contributed by atoms with Crippen LogP contribution < -0.4 is 4.74 Å². The molecule has 0 N–H and O–H groups in total. The first kappa shape index (κ1) is 25.9. The van der Waals surface area contributed by atoms with Crippen LogP contribution >= 0.6 is 0 Å². The van der Waals surface area contributed by atoms with Gasteiger partial charge in [-0.25, -0.2) is 0 Å². The molecule has 7 heteroatoms. The molecule has 0 spiro atoms. The van der Waals surface area contributed by atoms with E-state index in [1.165, 1.54) is 0 Å². The molecule has 1 amide bonds. The van der Waals surface area contributed by atoms with Crippen molar-refractivity contribution in [3.63, 3.8) is 0 Å². The van der Waals surface area contributed by atoms with Crippen LogP contribution in [0.15, 0.2) is 75.7 Å². The van der Waals surface area contributed by atoms with Crippen LogP contribution in [0.5, 0.6) is 5.75 Å². The number of amides is 1. The number of carbonyl (C=O) groups excluding carboxylic acids is 1. The van der Waals surface area contributed by atoms with E-state index >= 15 is 0 Å².